The summed E-state index contributed by atoms with van der Waals surface area (Å²) in [5.74, 6) is 0. The fourth-order valence-electron chi connectivity index (χ4n) is 1.30. The lowest BCUT2D eigenvalue weighted by Gasteiger charge is -2.27. The van der Waals surface area contributed by atoms with Crippen molar-refractivity contribution in [1.82, 2.24) is 14.5 Å². The zero-order chi connectivity index (χ0) is 14.8. The zero-order valence-corrected chi connectivity index (χ0v) is 12.7. The SMILES string of the molecule is CCCOC(=N)N(C(=O)NSC)C(=O)N(CC)CC. The lowest BCUT2D eigenvalue weighted by molar-refractivity contribution is 0.164. The van der Waals surface area contributed by atoms with E-state index in [4.69, 9.17) is 10.1 Å². The average Bonchev–Trinajstić information content (AvgIpc) is 2.38. The molecule has 0 saturated heterocycles. The van der Waals surface area contributed by atoms with Crippen molar-refractivity contribution in [2.75, 3.05) is 26.0 Å². The summed E-state index contributed by atoms with van der Waals surface area (Å²) in [6, 6.07) is -1.69. The van der Waals surface area contributed by atoms with Crippen molar-refractivity contribution in [2.45, 2.75) is 27.2 Å². The second kappa shape index (κ2) is 9.48. The Morgan fingerprint density at radius 3 is 2.26 bits per heavy atom. The monoisotopic (exact) mass is 290 g/mol. The predicted octanol–water partition coefficient (Wildman–Crippen LogP) is 2.10. The Kier molecular flexibility index (Phi) is 8.77. The largest absolute Gasteiger partial charge is 0.465 e. The van der Waals surface area contributed by atoms with Crippen LogP contribution in [-0.2, 0) is 4.74 Å². The predicted molar refractivity (Wildman–Crippen MR) is 76.2 cm³/mol. The molecule has 0 aromatic carbocycles. The van der Waals surface area contributed by atoms with E-state index in [9.17, 15) is 9.59 Å². The van der Waals surface area contributed by atoms with E-state index in [1.165, 1.54) is 4.90 Å². The van der Waals surface area contributed by atoms with E-state index < -0.39 is 18.1 Å². The van der Waals surface area contributed by atoms with Gasteiger partial charge in [0, 0.05) is 19.3 Å². The van der Waals surface area contributed by atoms with E-state index in [2.05, 4.69) is 4.72 Å². The number of urea groups is 2. The van der Waals surface area contributed by atoms with Crippen molar-refractivity contribution < 1.29 is 14.3 Å². The van der Waals surface area contributed by atoms with E-state index in [1.807, 2.05) is 20.8 Å². The van der Waals surface area contributed by atoms with Gasteiger partial charge in [0.05, 0.1) is 6.61 Å². The van der Waals surface area contributed by atoms with E-state index in [0.717, 1.165) is 11.9 Å². The van der Waals surface area contributed by atoms with Crippen LogP contribution in [0.25, 0.3) is 0 Å². The quantitative estimate of drug-likeness (QED) is 0.461. The second-order valence-electron chi connectivity index (χ2n) is 3.56. The Labute approximate surface area is 118 Å². The number of hydrogen-bond donors (Lipinski definition) is 2. The molecular formula is C11H22N4O3S. The third-order valence-corrected chi connectivity index (χ3v) is 2.64. The Bertz CT molecular complexity index is 321. The molecule has 0 fully saturated rings. The highest BCUT2D eigenvalue weighted by Crippen LogP contribution is 2.04. The number of imide groups is 1. The summed E-state index contributed by atoms with van der Waals surface area (Å²) in [6.07, 6.45) is 2.36. The first-order valence-corrected chi connectivity index (χ1v) is 7.39. The van der Waals surface area contributed by atoms with Crippen LogP contribution in [0.2, 0.25) is 0 Å². The third-order valence-electron chi connectivity index (χ3n) is 2.26. The molecule has 0 heterocycles. The van der Waals surface area contributed by atoms with Gasteiger partial charge in [0.1, 0.15) is 0 Å². The van der Waals surface area contributed by atoms with Crippen LogP contribution < -0.4 is 4.72 Å². The van der Waals surface area contributed by atoms with Gasteiger partial charge in [-0.15, -0.1) is 0 Å². The fourth-order valence-corrected chi connectivity index (χ4v) is 1.56. The van der Waals surface area contributed by atoms with Gasteiger partial charge in [-0.3, -0.25) is 10.1 Å². The molecule has 0 saturated carbocycles. The van der Waals surface area contributed by atoms with Gasteiger partial charge in [0.15, 0.2) is 0 Å². The molecule has 0 aromatic heterocycles. The van der Waals surface area contributed by atoms with Crippen molar-refractivity contribution in [1.29, 1.82) is 5.41 Å². The highest BCUT2D eigenvalue weighted by Gasteiger charge is 2.30. The minimum Gasteiger partial charge on any atom is -0.465 e. The van der Waals surface area contributed by atoms with E-state index in [1.54, 1.807) is 6.26 Å². The van der Waals surface area contributed by atoms with Gasteiger partial charge in [-0.05, 0) is 20.3 Å². The molecule has 0 aliphatic heterocycles. The zero-order valence-electron chi connectivity index (χ0n) is 11.9. The van der Waals surface area contributed by atoms with Crippen molar-refractivity contribution >= 4 is 30.0 Å². The second-order valence-corrected chi connectivity index (χ2v) is 4.17. The minimum absolute atomic E-state index is 0.285. The lowest BCUT2D eigenvalue weighted by atomic mass is 10.5. The number of rotatable bonds is 5. The first-order valence-electron chi connectivity index (χ1n) is 6.16. The number of amides is 4. The Hall–Kier alpha value is -1.44. The van der Waals surface area contributed by atoms with E-state index >= 15 is 0 Å². The Morgan fingerprint density at radius 1 is 1.26 bits per heavy atom. The molecular weight excluding hydrogens is 268 g/mol. The standard InChI is InChI=1S/C11H22N4O3S/c1-5-8-18-9(12)15(10(16)13-19-4)11(17)14(6-2)7-3/h12H,5-8H2,1-4H3,(H,13,16). The van der Waals surface area contributed by atoms with Crippen LogP contribution in [0, 0.1) is 5.41 Å². The molecule has 4 amide bonds. The van der Waals surface area contributed by atoms with Crippen molar-refractivity contribution in [2.24, 2.45) is 0 Å². The molecule has 7 nitrogen and oxygen atoms in total. The molecule has 2 N–H and O–H groups in total. The van der Waals surface area contributed by atoms with Crippen molar-refractivity contribution in [3.8, 4) is 0 Å². The van der Waals surface area contributed by atoms with Crippen LogP contribution in [0.5, 0.6) is 0 Å². The number of amidine groups is 1. The summed E-state index contributed by atoms with van der Waals surface area (Å²) in [6.45, 7) is 6.70. The average molecular weight is 290 g/mol. The smallest absolute Gasteiger partial charge is 0.343 e. The number of nitrogens with zero attached hydrogens (tertiary/aromatic N) is 2. The number of hydrogen-bond acceptors (Lipinski definition) is 5. The molecule has 0 bridgehead atoms. The maximum absolute atomic E-state index is 12.2. The third kappa shape index (κ3) is 5.37. The normalized spacial score (nSPS) is 9.68. The molecule has 0 aromatic rings. The molecule has 0 aliphatic rings. The van der Waals surface area contributed by atoms with Crippen LogP contribution in [0.4, 0.5) is 9.59 Å². The van der Waals surface area contributed by atoms with Crippen molar-refractivity contribution in [3.05, 3.63) is 0 Å². The van der Waals surface area contributed by atoms with E-state index in [0.29, 0.717) is 24.4 Å². The maximum atomic E-state index is 12.2. The van der Waals surface area contributed by atoms with Gasteiger partial charge >= 0.3 is 18.1 Å². The number of carbonyl (C=O) groups excluding carboxylic acids is 2. The molecule has 0 spiro atoms. The van der Waals surface area contributed by atoms with Gasteiger partial charge in [0.2, 0.25) is 0 Å². The molecule has 0 radical (unpaired) electrons. The van der Waals surface area contributed by atoms with Gasteiger partial charge in [-0.2, -0.15) is 4.90 Å². The highest BCUT2D eigenvalue weighted by atomic mass is 32.2. The fraction of sp³-hybridized carbons (Fsp3) is 0.727. The minimum atomic E-state index is -0.675. The number of carbonyl (C=O) groups is 2. The molecule has 8 heteroatoms. The summed E-state index contributed by atoms with van der Waals surface area (Å²) < 4.78 is 7.49. The van der Waals surface area contributed by atoms with Crippen LogP contribution in [-0.4, -0.2) is 53.8 Å². The lowest BCUT2D eigenvalue weighted by Crippen LogP contribution is -2.52. The Morgan fingerprint density at radius 2 is 1.84 bits per heavy atom. The molecule has 0 unspecified atom stereocenters. The van der Waals surface area contributed by atoms with Crippen LogP contribution >= 0.6 is 11.9 Å². The highest BCUT2D eigenvalue weighted by molar-refractivity contribution is 7.97. The first-order chi connectivity index (χ1) is 9.03. The molecule has 110 valence electrons. The first kappa shape index (κ1) is 17.6. The molecule has 0 aliphatic carbocycles. The van der Waals surface area contributed by atoms with Gasteiger partial charge in [-0.1, -0.05) is 18.9 Å². The number of nitrogens with one attached hydrogen (secondary N) is 2. The topological polar surface area (TPSA) is 85.7 Å². The summed E-state index contributed by atoms with van der Waals surface area (Å²) >= 11 is 1.06. The summed E-state index contributed by atoms with van der Waals surface area (Å²) in [5.41, 5.74) is 0. The van der Waals surface area contributed by atoms with Crippen molar-refractivity contribution in [3.63, 3.8) is 0 Å². The Balaban J connectivity index is 4.99. The maximum Gasteiger partial charge on any atom is 0.343 e. The number of ether oxygens (including phenoxy) is 1. The summed E-state index contributed by atoms with van der Waals surface area (Å²) in [4.78, 5) is 26.2. The molecule has 0 rings (SSSR count). The van der Waals surface area contributed by atoms with Crippen LogP contribution in [0.3, 0.4) is 0 Å². The summed E-state index contributed by atoms with van der Waals surface area (Å²) in [7, 11) is 0. The van der Waals surface area contributed by atoms with Gasteiger partial charge in [-0.25, -0.2) is 9.59 Å². The van der Waals surface area contributed by atoms with Gasteiger partial charge < -0.3 is 9.64 Å². The molecule has 19 heavy (non-hydrogen) atoms. The van der Waals surface area contributed by atoms with Gasteiger partial charge in [0.25, 0.3) is 0 Å². The summed E-state index contributed by atoms with van der Waals surface area (Å²) in [5, 5.41) is 7.72. The van der Waals surface area contributed by atoms with E-state index in [-0.39, 0.29) is 6.61 Å². The molecule has 0 atom stereocenters. The van der Waals surface area contributed by atoms with Crippen LogP contribution in [0.1, 0.15) is 27.2 Å². The van der Waals surface area contributed by atoms with Crippen LogP contribution in [0.15, 0.2) is 0 Å².